The number of hydrogen-bond donors (Lipinski definition) is 0. The van der Waals surface area contributed by atoms with E-state index in [0.717, 1.165) is 48.6 Å². The smallest absolute Gasteiger partial charge is 0.254 e. The van der Waals surface area contributed by atoms with E-state index in [1.54, 1.807) is 18.5 Å². The maximum atomic E-state index is 13.2. The highest BCUT2D eigenvalue weighted by molar-refractivity contribution is 6.00. The normalized spacial score (nSPS) is 17.0. The molecule has 5 rings (SSSR count). The molecule has 0 unspecified atom stereocenters. The third kappa shape index (κ3) is 3.56. The minimum Gasteiger partial charge on any atom is -0.368 e. The van der Waals surface area contributed by atoms with E-state index < -0.39 is 0 Å². The van der Waals surface area contributed by atoms with Crippen LogP contribution in [-0.4, -0.2) is 60.0 Å². The average Bonchev–Trinajstić information content (AvgIpc) is 3.33. The van der Waals surface area contributed by atoms with E-state index in [9.17, 15) is 9.18 Å². The molecule has 1 aromatic heterocycles. The molecule has 0 atom stereocenters. The van der Waals surface area contributed by atoms with Crippen LogP contribution in [-0.2, 0) is 0 Å². The molecule has 3 aromatic rings. The SMILES string of the molecule is O=C(c1ccc2ncnc(N3CCCC3)c2c1)N1CCN(c2ccc(F)cc2)CC1. The largest absolute Gasteiger partial charge is 0.368 e. The molecule has 154 valence electrons. The summed E-state index contributed by atoms with van der Waals surface area (Å²) < 4.78 is 13.2. The number of fused-ring (bicyclic) bond motifs is 1. The Morgan fingerprint density at radius 1 is 0.833 bits per heavy atom. The topological polar surface area (TPSA) is 52.6 Å². The molecule has 0 radical (unpaired) electrons. The summed E-state index contributed by atoms with van der Waals surface area (Å²) in [4.78, 5) is 28.4. The van der Waals surface area contributed by atoms with Gasteiger partial charge >= 0.3 is 0 Å². The second kappa shape index (κ2) is 7.89. The fourth-order valence-electron chi connectivity index (χ4n) is 4.36. The van der Waals surface area contributed by atoms with Crippen molar-refractivity contribution in [2.75, 3.05) is 49.1 Å². The monoisotopic (exact) mass is 405 g/mol. The van der Waals surface area contributed by atoms with Crippen molar-refractivity contribution < 1.29 is 9.18 Å². The van der Waals surface area contributed by atoms with Crippen LogP contribution in [0.3, 0.4) is 0 Å². The highest BCUT2D eigenvalue weighted by atomic mass is 19.1. The number of aromatic nitrogens is 2. The van der Waals surface area contributed by atoms with Gasteiger partial charge in [-0.2, -0.15) is 0 Å². The molecule has 30 heavy (non-hydrogen) atoms. The molecule has 0 bridgehead atoms. The van der Waals surface area contributed by atoms with Crippen molar-refractivity contribution >= 4 is 28.3 Å². The predicted molar refractivity (Wildman–Crippen MR) is 116 cm³/mol. The van der Waals surface area contributed by atoms with Crippen LogP contribution in [0.25, 0.3) is 10.9 Å². The Labute approximate surface area is 174 Å². The van der Waals surface area contributed by atoms with Crippen LogP contribution in [0.2, 0.25) is 0 Å². The number of carbonyl (C=O) groups excluding carboxylic acids is 1. The quantitative estimate of drug-likeness (QED) is 0.669. The lowest BCUT2D eigenvalue weighted by molar-refractivity contribution is 0.0747. The lowest BCUT2D eigenvalue weighted by atomic mass is 10.1. The number of piperazine rings is 1. The molecule has 3 heterocycles. The maximum Gasteiger partial charge on any atom is 0.254 e. The first-order valence-electron chi connectivity index (χ1n) is 10.5. The maximum absolute atomic E-state index is 13.2. The summed E-state index contributed by atoms with van der Waals surface area (Å²) in [7, 11) is 0. The van der Waals surface area contributed by atoms with E-state index in [4.69, 9.17) is 0 Å². The van der Waals surface area contributed by atoms with Gasteiger partial charge in [0.2, 0.25) is 0 Å². The standard InChI is InChI=1S/C23H24FN5O/c24-18-4-6-19(7-5-18)27-11-13-29(14-12-27)23(30)17-3-8-21-20(15-17)22(26-16-25-21)28-9-1-2-10-28/h3-8,15-16H,1-2,9-14H2. The Morgan fingerprint density at radius 2 is 1.57 bits per heavy atom. The fourth-order valence-corrected chi connectivity index (χ4v) is 4.36. The van der Waals surface area contributed by atoms with Crippen molar-refractivity contribution in [1.82, 2.24) is 14.9 Å². The Kier molecular flexibility index (Phi) is 4.94. The summed E-state index contributed by atoms with van der Waals surface area (Å²) in [5, 5.41) is 0.940. The molecular weight excluding hydrogens is 381 g/mol. The van der Waals surface area contributed by atoms with Gasteiger partial charge in [-0.3, -0.25) is 4.79 Å². The molecule has 6 nitrogen and oxygen atoms in total. The van der Waals surface area contributed by atoms with Crippen molar-refractivity contribution in [2.24, 2.45) is 0 Å². The number of amides is 1. The highest BCUT2D eigenvalue weighted by Crippen LogP contribution is 2.27. The predicted octanol–water partition coefficient (Wildman–Crippen LogP) is 3.33. The Balaban J connectivity index is 1.33. The second-order valence-electron chi connectivity index (χ2n) is 7.88. The first-order valence-corrected chi connectivity index (χ1v) is 10.5. The summed E-state index contributed by atoms with van der Waals surface area (Å²) in [5.41, 5.74) is 2.53. The molecule has 1 amide bonds. The molecule has 0 N–H and O–H groups in total. The highest BCUT2D eigenvalue weighted by Gasteiger charge is 2.24. The number of carbonyl (C=O) groups is 1. The Bertz CT molecular complexity index is 1060. The van der Waals surface area contributed by atoms with E-state index in [-0.39, 0.29) is 11.7 Å². The molecule has 2 saturated heterocycles. The van der Waals surface area contributed by atoms with Gasteiger partial charge in [0.15, 0.2) is 0 Å². The van der Waals surface area contributed by atoms with Gasteiger partial charge in [0.05, 0.1) is 5.52 Å². The third-order valence-corrected chi connectivity index (χ3v) is 6.03. The lowest BCUT2D eigenvalue weighted by Crippen LogP contribution is -2.48. The number of benzene rings is 2. The summed E-state index contributed by atoms with van der Waals surface area (Å²) >= 11 is 0. The van der Waals surface area contributed by atoms with Crippen molar-refractivity contribution in [1.29, 1.82) is 0 Å². The number of rotatable bonds is 3. The Morgan fingerprint density at radius 3 is 2.30 bits per heavy atom. The molecule has 2 aliphatic rings. The first kappa shape index (κ1) is 18.8. The molecule has 2 fully saturated rings. The van der Waals surface area contributed by atoms with Gasteiger partial charge in [-0.15, -0.1) is 0 Å². The van der Waals surface area contributed by atoms with Crippen LogP contribution in [0.5, 0.6) is 0 Å². The zero-order valence-electron chi connectivity index (χ0n) is 16.8. The van der Waals surface area contributed by atoms with Gasteiger partial charge in [0.1, 0.15) is 18.0 Å². The summed E-state index contributed by atoms with van der Waals surface area (Å²) in [5.74, 6) is 0.723. The third-order valence-electron chi connectivity index (χ3n) is 6.03. The molecule has 0 aliphatic carbocycles. The van der Waals surface area contributed by atoms with Gasteiger partial charge in [-0.05, 0) is 55.3 Å². The second-order valence-corrected chi connectivity index (χ2v) is 7.88. The van der Waals surface area contributed by atoms with Crippen molar-refractivity contribution in [3.8, 4) is 0 Å². The molecular formula is C23H24FN5O. The van der Waals surface area contributed by atoms with Gasteiger partial charge in [0.25, 0.3) is 5.91 Å². The summed E-state index contributed by atoms with van der Waals surface area (Å²) in [6, 6.07) is 12.2. The van der Waals surface area contributed by atoms with Crippen LogP contribution < -0.4 is 9.80 Å². The van der Waals surface area contributed by atoms with Crippen LogP contribution in [0.4, 0.5) is 15.9 Å². The summed E-state index contributed by atoms with van der Waals surface area (Å²) in [6.07, 6.45) is 3.94. The van der Waals surface area contributed by atoms with E-state index >= 15 is 0 Å². The molecule has 0 spiro atoms. The minimum absolute atomic E-state index is 0.0341. The zero-order valence-corrected chi connectivity index (χ0v) is 16.8. The summed E-state index contributed by atoms with van der Waals surface area (Å²) in [6.45, 7) is 4.72. The zero-order chi connectivity index (χ0) is 20.5. The van der Waals surface area contributed by atoms with Crippen molar-refractivity contribution in [3.05, 3.63) is 60.2 Å². The molecule has 7 heteroatoms. The van der Waals surface area contributed by atoms with E-state index in [1.807, 2.05) is 23.1 Å². The minimum atomic E-state index is -0.235. The van der Waals surface area contributed by atoms with Gasteiger partial charge in [0, 0.05) is 55.9 Å². The van der Waals surface area contributed by atoms with E-state index in [1.165, 1.54) is 25.0 Å². The molecule has 2 aliphatic heterocycles. The van der Waals surface area contributed by atoms with Gasteiger partial charge in [-0.1, -0.05) is 0 Å². The number of halogens is 1. The number of hydrogen-bond acceptors (Lipinski definition) is 5. The van der Waals surface area contributed by atoms with Crippen molar-refractivity contribution in [3.63, 3.8) is 0 Å². The van der Waals surface area contributed by atoms with Crippen molar-refractivity contribution in [2.45, 2.75) is 12.8 Å². The lowest BCUT2D eigenvalue weighted by Gasteiger charge is -2.36. The van der Waals surface area contributed by atoms with Crippen LogP contribution in [0, 0.1) is 5.82 Å². The molecule has 2 aromatic carbocycles. The van der Waals surface area contributed by atoms with Gasteiger partial charge in [-0.25, -0.2) is 14.4 Å². The average molecular weight is 405 g/mol. The first-order chi connectivity index (χ1) is 14.7. The van der Waals surface area contributed by atoms with Gasteiger partial charge < -0.3 is 14.7 Å². The molecule has 0 saturated carbocycles. The number of nitrogens with zero attached hydrogens (tertiary/aromatic N) is 5. The fraction of sp³-hybridized carbons (Fsp3) is 0.348. The van der Waals surface area contributed by atoms with Crippen LogP contribution in [0.15, 0.2) is 48.8 Å². The van der Waals surface area contributed by atoms with Crippen LogP contribution >= 0.6 is 0 Å². The van der Waals surface area contributed by atoms with Crippen LogP contribution in [0.1, 0.15) is 23.2 Å². The Hall–Kier alpha value is -3.22. The van der Waals surface area contributed by atoms with E-state index in [0.29, 0.717) is 18.7 Å². The van der Waals surface area contributed by atoms with E-state index in [2.05, 4.69) is 19.8 Å². The number of anilines is 2.